The molecule has 0 aromatic heterocycles. The van der Waals surface area contributed by atoms with E-state index in [9.17, 15) is 14.4 Å². The van der Waals surface area contributed by atoms with Gasteiger partial charge in [-0.3, -0.25) is 9.59 Å². The predicted molar refractivity (Wildman–Crippen MR) is 103 cm³/mol. The van der Waals surface area contributed by atoms with E-state index in [-0.39, 0.29) is 5.91 Å². The lowest BCUT2D eigenvalue weighted by Crippen LogP contribution is -2.23. The van der Waals surface area contributed by atoms with Gasteiger partial charge in [0, 0.05) is 29.4 Å². The first-order chi connectivity index (χ1) is 12.9. The third-order valence-electron chi connectivity index (χ3n) is 4.28. The van der Waals surface area contributed by atoms with Crippen LogP contribution in [0.25, 0.3) is 0 Å². The molecule has 0 bridgehead atoms. The highest BCUT2D eigenvalue weighted by molar-refractivity contribution is 6.31. The second-order valence-corrected chi connectivity index (χ2v) is 6.69. The lowest BCUT2D eigenvalue weighted by molar-refractivity contribution is -0.119. The molecule has 1 heterocycles. The summed E-state index contributed by atoms with van der Waals surface area (Å²) in [5, 5.41) is 3.17. The van der Waals surface area contributed by atoms with Gasteiger partial charge in [0.2, 0.25) is 5.91 Å². The Hall–Kier alpha value is -2.86. The minimum atomic E-state index is -0.605. The van der Waals surface area contributed by atoms with Gasteiger partial charge < -0.3 is 15.0 Å². The Kier molecular flexibility index (Phi) is 5.76. The molecule has 1 N–H and O–H groups in total. The second-order valence-electron chi connectivity index (χ2n) is 6.28. The second kappa shape index (κ2) is 8.22. The largest absolute Gasteiger partial charge is 0.452 e. The van der Waals surface area contributed by atoms with E-state index in [4.69, 9.17) is 16.3 Å². The zero-order valence-corrected chi connectivity index (χ0v) is 15.6. The number of benzene rings is 2. The summed E-state index contributed by atoms with van der Waals surface area (Å²) in [6.45, 7) is 2.14. The van der Waals surface area contributed by atoms with Gasteiger partial charge in [-0.05, 0) is 55.3 Å². The lowest BCUT2D eigenvalue weighted by Gasteiger charge is -2.15. The molecule has 1 aliphatic rings. The standard InChI is InChI=1S/C20H19ClN2O4/c1-13-4-7-15(11-17(13)21)22-18(24)12-27-20(26)14-5-8-16(9-6-14)23-10-2-3-19(23)25/h4-9,11H,2-3,10,12H2,1H3,(H,22,24). The molecule has 0 aliphatic carbocycles. The number of nitrogens with zero attached hydrogens (tertiary/aromatic N) is 1. The van der Waals surface area contributed by atoms with Crippen molar-refractivity contribution in [2.75, 3.05) is 23.4 Å². The van der Waals surface area contributed by atoms with Gasteiger partial charge in [0.25, 0.3) is 5.91 Å². The number of carbonyl (C=O) groups excluding carboxylic acids is 3. The molecule has 0 atom stereocenters. The molecule has 140 valence electrons. The number of esters is 1. The maximum absolute atomic E-state index is 12.1. The van der Waals surface area contributed by atoms with Crippen molar-refractivity contribution in [2.24, 2.45) is 0 Å². The fourth-order valence-electron chi connectivity index (χ4n) is 2.78. The number of nitrogens with one attached hydrogen (secondary N) is 1. The number of anilines is 2. The van der Waals surface area contributed by atoms with Crippen LogP contribution in [0.2, 0.25) is 5.02 Å². The summed E-state index contributed by atoms with van der Waals surface area (Å²) in [6.07, 6.45) is 1.38. The molecule has 1 saturated heterocycles. The molecule has 6 nitrogen and oxygen atoms in total. The quantitative estimate of drug-likeness (QED) is 0.797. The average Bonchev–Trinajstić information content (AvgIpc) is 3.09. The number of carbonyl (C=O) groups is 3. The van der Waals surface area contributed by atoms with Crippen LogP contribution in [0, 0.1) is 6.92 Å². The maximum Gasteiger partial charge on any atom is 0.338 e. The molecule has 0 spiro atoms. The molecule has 0 unspecified atom stereocenters. The number of hydrogen-bond acceptors (Lipinski definition) is 4. The molecule has 7 heteroatoms. The fourth-order valence-corrected chi connectivity index (χ4v) is 2.96. The fraction of sp³-hybridized carbons (Fsp3) is 0.250. The number of rotatable bonds is 5. The number of hydrogen-bond donors (Lipinski definition) is 1. The minimum Gasteiger partial charge on any atom is -0.452 e. The molecule has 2 amide bonds. The SMILES string of the molecule is Cc1ccc(NC(=O)COC(=O)c2ccc(N3CCCC3=O)cc2)cc1Cl. The number of amides is 2. The van der Waals surface area contributed by atoms with E-state index in [2.05, 4.69) is 5.32 Å². The normalized spacial score (nSPS) is 13.6. The third-order valence-corrected chi connectivity index (χ3v) is 4.69. The Balaban J connectivity index is 1.53. The molecule has 27 heavy (non-hydrogen) atoms. The van der Waals surface area contributed by atoms with Crippen molar-refractivity contribution in [1.29, 1.82) is 0 Å². The zero-order valence-electron chi connectivity index (χ0n) is 14.8. The Bertz CT molecular complexity index is 880. The zero-order chi connectivity index (χ0) is 19.4. The van der Waals surface area contributed by atoms with Gasteiger partial charge in [0.05, 0.1) is 5.56 Å². The predicted octanol–water partition coefficient (Wildman–Crippen LogP) is 3.57. The average molecular weight is 387 g/mol. The summed E-state index contributed by atoms with van der Waals surface area (Å²) in [6, 6.07) is 11.7. The van der Waals surface area contributed by atoms with Crippen LogP contribution < -0.4 is 10.2 Å². The summed E-state index contributed by atoms with van der Waals surface area (Å²) < 4.78 is 5.04. The Morgan fingerprint density at radius 1 is 1.19 bits per heavy atom. The first kappa shape index (κ1) is 18.9. The van der Waals surface area contributed by atoms with Crippen LogP contribution in [-0.4, -0.2) is 30.9 Å². The molecule has 2 aromatic rings. The number of halogens is 1. The monoisotopic (exact) mass is 386 g/mol. The van der Waals surface area contributed by atoms with E-state index in [0.717, 1.165) is 17.7 Å². The molecular formula is C20H19ClN2O4. The third kappa shape index (κ3) is 4.65. The van der Waals surface area contributed by atoms with Crippen LogP contribution in [0.15, 0.2) is 42.5 Å². The van der Waals surface area contributed by atoms with Crippen LogP contribution in [0.5, 0.6) is 0 Å². The van der Waals surface area contributed by atoms with E-state index in [1.54, 1.807) is 47.4 Å². The van der Waals surface area contributed by atoms with E-state index < -0.39 is 18.5 Å². The molecule has 3 rings (SSSR count). The summed E-state index contributed by atoms with van der Waals surface area (Å²) in [4.78, 5) is 37.5. The van der Waals surface area contributed by atoms with Gasteiger partial charge in [-0.25, -0.2) is 4.79 Å². The molecule has 1 aliphatic heterocycles. The van der Waals surface area contributed by atoms with Gasteiger partial charge >= 0.3 is 5.97 Å². The Morgan fingerprint density at radius 2 is 1.93 bits per heavy atom. The lowest BCUT2D eigenvalue weighted by atomic mass is 10.2. The van der Waals surface area contributed by atoms with E-state index in [0.29, 0.717) is 29.2 Å². The van der Waals surface area contributed by atoms with Crippen molar-refractivity contribution in [3.05, 3.63) is 58.6 Å². The maximum atomic E-state index is 12.1. The Morgan fingerprint density at radius 3 is 2.56 bits per heavy atom. The summed E-state index contributed by atoms with van der Waals surface area (Å²) in [5.41, 5.74) is 2.51. The summed E-state index contributed by atoms with van der Waals surface area (Å²) >= 11 is 6.01. The number of ether oxygens (including phenoxy) is 1. The van der Waals surface area contributed by atoms with Crippen molar-refractivity contribution in [2.45, 2.75) is 19.8 Å². The van der Waals surface area contributed by atoms with Gasteiger partial charge in [-0.1, -0.05) is 17.7 Å². The van der Waals surface area contributed by atoms with Crippen LogP contribution in [0.1, 0.15) is 28.8 Å². The smallest absolute Gasteiger partial charge is 0.338 e. The van der Waals surface area contributed by atoms with Crippen molar-refractivity contribution in [1.82, 2.24) is 0 Å². The van der Waals surface area contributed by atoms with Crippen molar-refractivity contribution >= 4 is 40.8 Å². The molecule has 1 fully saturated rings. The minimum absolute atomic E-state index is 0.0817. The highest BCUT2D eigenvalue weighted by atomic mass is 35.5. The molecular weight excluding hydrogens is 368 g/mol. The van der Waals surface area contributed by atoms with Crippen LogP contribution in [-0.2, 0) is 14.3 Å². The molecule has 0 saturated carbocycles. The van der Waals surface area contributed by atoms with Gasteiger partial charge in [-0.15, -0.1) is 0 Å². The van der Waals surface area contributed by atoms with Crippen LogP contribution >= 0.6 is 11.6 Å². The van der Waals surface area contributed by atoms with E-state index in [1.807, 2.05) is 6.92 Å². The molecule has 0 radical (unpaired) electrons. The van der Waals surface area contributed by atoms with Crippen LogP contribution in [0.4, 0.5) is 11.4 Å². The summed E-state index contributed by atoms with van der Waals surface area (Å²) in [7, 11) is 0. The Labute approximate surface area is 162 Å². The van der Waals surface area contributed by atoms with Gasteiger partial charge in [0.1, 0.15) is 0 Å². The van der Waals surface area contributed by atoms with Crippen molar-refractivity contribution in [3.8, 4) is 0 Å². The van der Waals surface area contributed by atoms with Crippen LogP contribution in [0.3, 0.4) is 0 Å². The van der Waals surface area contributed by atoms with Gasteiger partial charge in [-0.2, -0.15) is 0 Å². The number of aryl methyl sites for hydroxylation is 1. The van der Waals surface area contributed by atoms with E-state index in [1.165, 1.54) is 0 Å². The molecule has 2 aromatic carbocycles. The van der Waals surface area contributed by atoms with Crippen molar-refractivity contribution < 1.29 is 19.1 Å². The highest BCUT2D eigenvalue weighted by Crippen LogP contribution is 2.22. The topological polar surface area (TPSA) is 75.7 Å². The van der Waals surface area contributed by atoms with Gasteiger partial charge in [0.15, 0.2) is 6.61 Å². The summed E-state index contributed by atoms with van der Waals surface area (Å²) in [5.74, 6) is -0.979. The first-order valence-electron chi connectivity index (χ1n) is 8.57. The van der Waals surface area contributed by atoms with Crippen molar-refractivity contribution in [3.63, 3.8) is 0 Å². The first-order valence-corrected chi connectivity index (χ1v) is 8.95. The van der Waals surface area contributed by atoms with E-state index >= 15 is 0 Å². The highest BCUT2D eigenvalue weighted by Gasteiger charge is 2.21.